The van der Waals surface area contributed by atoms with Crippen molar-refractivity contribution < 1.29 is 43.2 Å². The molecule has 1 aliphatic carbocycles. The van der Waals surface area contributed by atoms with Crippen molar-refractivity contribution in [3.63, 3.8) is 0 Å². The molecule has 0 aromatic rings. The molecule has 28 heavy (non-hydrogen) atoms. The standard InChI is InChI=1S/C18H27NO9/c20-15-1-2-16(21)14(15)13-17(22)19-4-6-26-8-10-28-12-11-27-9-7-25-5-3-18(23)24/h1-2,14H,3-13H2,(H,19,22)(H,23,24). The largest absolute Gasteiger partial charge is 0.481 e. The number of rotatable bonds is 17. The fraction of sp³-hybridized carbons (Fsp3) is 0.667. The third kappa shape index (κ3) is 11.5. The summed E-state index contributed by atoms with van der Waals surface area (Å²) in [7, 11) is 0. The minimum absolute atomic E-state index is 0.0237. The molecule has 0 aromatic carbocycles. The number of aliphatic carboxylic acids is 1. The van der Waals surface area contributed by atoms with Gasteiger partial charge < -0.3 is 29.4 Å². The topological polar surface area (TPSA) is 137 Å². The van der Waals surface area contributed by atoms with Gasteiger partial charge in [0.2, 0.25) is 5.91 Å². The number of nitrogens with one attached hydrogen (secondary N) is 1. The molecule has 1 aliphatic rings. The van der Waals surface area contributed by atoms with Crippen LogP contribution >= 0.6 is 0 Å². The Morgan fingerprint density at radius 1 is 0.821 bits per heavy atom. The second kappa shape index (κ2) is 14.9. The van der Waals surface area contributed by atoms with Crippen LogP contribution in [0.2, 0.25) is 0 Å². The predicted molar refractivity (Wildman–Crippen MR) is 95.8 cm³/mol. The van der Waals surface area contributed by atoms with E-state index in [2.05, 4.69) is 5.32 Å². The van der Waals surface area contributed by atoms with E-state index in [-0.39, 0.29) is 43.5 Å². The number of carboxylic acid groups (broad SMARTS) is 1. The molecule has 0 aliphatic heterocycles. The van der Waals surface area contributed by atoms with Crippen LogP contribution < -0.4 is 5.32 Å². The molecular formula is C18H27NO9. The molecular weight excluding hydrogens is 374 g/mol. The molecule has 0 atom stereocenters. The summed E-state index contributed by atoms with van der Waals surface area (Å²) in [6.07, 6.45) is 2.23. The van der Waals surface area contributed by atoms with E-state index in [0.29, 0.717) is 46.2 Å². The third-order valence-corrected chi connectivity index (χ3v) is 3.63. The number of ketones is 2. The van der Waals surface area contributed by atoms with Gasteiger partial charge in [0.25, 0.3) is 0 Å². The van der Waals surface area contributed by atoms with Gasteiger partial charge in [0, 0.05) is 13.0 Å². The molecule has 0 radical (unpaired) electrons. The highest BCUT2D eigenvalue weighted by atomic mass is 16.6. The van der Waals surface area contributed by atoms with Gasteiger partial charge in [-0.2, -0.15) is 0 Å². The molecule has 1 amide bonds. The molecule has 2 N–H and O–H groups in total. The Bertz CT molecular complexity index is 529. The molecule has 0 spiro atoms. The Morgan fingerprint density at radius 3 is 1.79 bits per heavy atom. The number of carboxylic acids is 1. The van der Waals surface area contributed by atoms with E-state index >= 15 is 0 Å². The number of carbonyl (C=O) groups is 4. The number of hydrogen-bond acceptors (Lipinski definition) is 8. The zero-order valence-electron chi connectivity index (χ0n) is 15.7. The van der Waals surface area contributed by atoms with Gasteiger partial charge in [0.05, 0.1) is 65.2 Å². The molecule has 0 saturated carbocycles. The molecule has 0 saturated heterocycles. The van der Waals surface area contributed by atoms with Gasteiger partial charge in [0.1, 0.15) is 0 Å². The Hall–Kier alpha value is -2.14. The van der Waals surface area contributed by atoms with Crippen molar-refractivity contribution in [1.82, 2.24) is 5.32 Å². The zero-order valence-corrected chi connectivity index (χ0v) is 15.7. The van der Waals surface area contributed by atoms with Gasteiger partial charge in [-0.3, -0.25) is 19.2 Å². The van der Waals surface area contributed by atoms with E-state index in [1.165, 1.54) is 12.2 Å². The molecule has 0 unspecified atom stereocenters. The van der Waals surface area contributed by atoms with Crippen LogP contribution in [0.25, 0.3) is 0 Å². The normalized spacial score (nSPS) is 14.0. The highest BCUT2D eigenvalue weighted by Crippen LogP contribution is 2.14. The van der Waals surface area contributed by atoms with Crippen molar-refractivity contribution in [2.75, 3.05) is 59.4 Å². The quantitative estimate of drug-likeness (QED) is 0.241. The summed E-state index contributed by atoms with van der Waals surface area (Å²) in [5.74, 6) is -2.80. The monoisotopic (exact) mass is 401 g/mol. The van der Waals surface area contributed by atoms with Crippen LogP contribution in [-0.2, 0) is 38.1 Å². The zero-order chi connectivity index (χ0) is 20.6. The molecule has 158 valence electrons. The van der Waals surface area contributed by atoms with Crippen LogP contribution in [-0.4, -0.2) is 87.9 Å². The van der Waals surface area contributed by atoms with Crippen LogP contribution in [0.4, 0.5) is 0 Å². The second-order valence-corrected chi connectivity index (χ2v) is 5.84. The summed E-state index contributed by atoms with van der Waals surface area (Å²) in [6, 6.07) is 0. The van der Waals surface area contributed by atoms with Gasteiger partial charge in [-0.15, -0.1) is 0 Å². The van der Waals surface area contributed by atoms with E-state index in [0.717, 1.165) is 0 Å². The van der Waals surface area contributed by atoms with Crippen molar-refractivity contribution in [2.24, 2.45) is 5.92 Å². The SMILES string of the molecule is O=C(O)CCOCCOCCOCCOCCNC(=O)CC1C(=O)C=CC1=O. The van der Waals surface area contributed by atoms with Crippen molar-refractivity contribution in [3.8, 4) is 0 Å². The lowest BCUT2D eigenvalue weighted by molar-refractivity contribution is -0.138. The lowest BCUT2D eigenvalue weighted by Crippen LogP contribution is -2.31. The third-order valence-electron chi connectivity index (χ3n) is 3.63. The minimum Gasteiger partial charge on any atom is -0.481 e. The van der Waals surface area contributed by atoms with Crippen LogP contribution in [0.3, 0.4) is 0 Å². The first-order valence-electron chi connectivity index (χ1n) is 9.06. The Labute approximate surface area is 163 Å². The Balaban J connectivity index is 1.81. The summed E-state index contributed by atoms with van der Waals surface area (Å²) in [5, 5.41) is 11.0. The fourth-order valence-electron chi connectivity index (χ4n) is 2.18. The van der Waals surface area contributed by atoms with Crippen molar-refractivity contribution in [3.05, 3.63) is 12.2 Å². The van der Waals surface area contributed by atoms with Crippen molar-refractivity contribution in [1.29, 1.82) is 0 Å². The molecule has 10 nitrogen and oxygen atoms in total. The summed E-state index contributed by atoms with van der Waals surface area (Å²) in [4.78, 5) is 44.7. The van der Waals surface area contributed by atoms with E-state index in [1.807, 2.05) is 0 Å². The van der Waals surface area contributed by atoms with Crippen LogP contribution in [0.1, 0.15) is 12.8 Å². The minimum atomic E-state index is -0.895. The summed E-state index contributed by atoms with van der Waals surface area (Å²) in [6.45, 7) is 2.98. The van der Waals surface area contributed by atoms with Gasteiger partial charge in [0.15, 0.2) is 11.6 Å². The van der Waals surface area contributed by atoms with E-state index in [4.69, 9.17) is 24.1 Å². The average Bonchev–Trinajstić information content (AvgIpc) is 2.96. The summed E-state index contributed by atoms with van der Waals surface area (Å²) in [5.41, 5.74) is 0. The maximum absolute atomic E-state index is 11.7. The Kier molecular flexibility index (Phi) is 12.7. The summed E-state index contributed by atoms with van der Waals surface area (Å²) < 4.78 is 20.9. The number of carbonyl (C=O) groups excluding carboxylic acids is 3. The van der Waals surface area contributed by atoms with Gasteiger partial charge in [-0.25, -0.2) is 0 Å². The second-order valence-electron chi connectivity index (χ2n) is 5.84. The van der Waals surface area contributed by atoms with Gasteiger partial charge in [-0.1, -0.05) is 0 Å². The Morgan fingerprint density at radius 2 is 1.29 bits per heavy atom. The van der Waals surface area contributed by atoms with Crippen molar-refractivity contribution in [2.45, 2.75) is 12.8 Å². The van der Waals surface area contributed by atoms with Crippen LogP contribution in [0.5, 0.6) is 0 Å². The lowest BCUT2D eigenvalue weighted by Gasteiger charge is -2.09. The first-order valence-corrected chi connectivity index (χ1v) is 9.06. The van der Waals surface area contributed by atoms with E-state index in [1.54, 1.807) is 0 Å². The van der Waals surface area contributed by atoms with E-state index < -0.39 is 11.9 Å². The van der Waals surface area contributed by atoms with Crippen LogP contribution in [0, 0.1) is 5.92 Å². The number of amides is 1. The van der Waals surface area contributed by atoms with Gasteiger partial charge >= 0.3 is 5.97 Å². The molecule has 0 aromatic heterocycles. The number of allylic oxidation sites excluding steroid dienone is 2. The average molecular weight is 401 g/mol. The molecule has 0 bridgehead atoms. The highest BCUT2D eigenvalue weighted by Gasteiger charge is 2.29. The summed E-state index contributed by atoms with van der Waals surface area (Å²) >= 11 is 0. The van der Waals surface area contributed by atoms with Crippen molar-refractivity contribution >= 4 is 23.4 Å². The number of ether oxygens (including phenoxy) is 4. The number of hydrogen-bond donors (Lipinski definition) is 2. The molecule has 10 heteroatoms. The molecule has 0 fully saturated rings. The maximum Gasteiger partial charge on any atom is 0.305 e. The molecule has 1 rings (SSSR count). The highest BCUT2D eigenvalue weighted by molar-refractivity contribution is 6.19. The smallest absolute Gasteiger partial charge is 0.305 e. The first-order chi connectivity index (χ1) is 13.5. The van der Waals surface area contributed by atoms with Crippen LogP contribution in [0.15, 0.2) is 12.2 Å². The fourth-order valence-corrected chi connectivity index (χ4v) is 2.18. The first kappa shape index (κ1) is 23.9. The predicted octanol–water partition coefficient (Wildman–Crippen LogP) is -0.642. The lowest BCUT2D eigenvalue weighted by atomic mass is 10.0. The van der Waals surface area contributed by atoms with E-state index in [9.17, 15) is 19.2 Å². The molecule has 0 heterocycles. The maximum atomic E-state index is 11.7. The van der Waals surface area contributed by atoms with Gasteiger partial charge in [-0.05, 0) is 12.2 Å².